The van der Waals surface area contributed by atoms with Gasteiger partial charge in [0.1, 0.15) is 19.3 Å². The van der Waals surface area contributed by atoms with Crippen molar-refractivity contribution in [2.45, 2.75) is 459 Å². The summed E-state index contributed by atoms with van der Waals surface area (Å²) in [6.45, 7) is 14.3. The first-order chi connectivity index (χ1) is 50.1. The van der Waals surface area contributed by atoms with Crippen LogP contribution in [-0.4, -0.2) is 96.7 Å². The summed E-state index contributed by atoms with van der Waals surface area (Å²) in [4.78, 5) is 73.1. The maximum Gasteiger partial charge on any atom is 0.472 e. The zero-order valence-corrected chi connectivity index (χ0v) is 70.5. The molecule has 0 rings (SSSR count). The lowest BCUT2D eigenvalue weighted by Gasteiger charge is -2.21. The van der Waals surface area contributed by atoms with Crippen LogP contribution in [0.3, 0.4) is 0 Å². The number of carbonyl (C=O) groups excluding carboxylic acids is 4. The smallest absolute Gasteiger partial charge is 0.462 e. The number of aliphatic hydroxyl groups excluding tert-OH is 1. The molecule has 0 bridgehead atoms. The topological polar surface area (TPSA) is 237 Å². The second-order valence-electron chi connectivity index (χ2n) is 32.2. The van der Waals surface area contributed by atoms with Crippen molar-refractivity contribution in [1.82, 2.24) is 0 Å². The van der Waals surface area contributed by atoms with E-state index in [1.807, 2.05) is 0 Å². The third kappa shape index (κ3) is 76.8. The summed E-state index contributed by atoms with van der Waals surface area (Å²) in [5, 5.41) is 10.7. The number of hydrogen-bond acceptors (Lipinski definition) is 15. The fourth-order valence-corrected chi connectivity index (χ4v) is 14.7. The molecule has 0 aromatic heterocycles. The van der Waals surface area contributed by atoms with Gasteiger partial charge in [0.25, 0.3) is 0 Å². The Hall–Kier alpha value is -1.94. The summed E-state index contributed by atoms with van der Waals surface area (Å²) in [5.74, 6) is 1.03. The van der Waals surface area contributed by atoms with Crippen molar-refractivity contribution in [3.05, 3.63) is 0 Å². The van der Waals surface area contributed by atoms with Crippen LogP contribution in [-0.2, 0) is 65.4 Å². The molecule has 0 saturated carbocycles. The van der Waals surface area contributed by atoms with E-state index in [1.54, 1.807) is 0 Å². The normalized spacial score (nSPS) is 14.2. The number of hydrogen-bond donors (Lipinski definition) is 3. The molecule has 4 unspecified atom stereocenters. The van der Waals surface area contributed by atoms with Crippen LogP contribution < -0.4 is 0 Å². The molecule has 104 heavy (non-hydrogen) atoms. The van der Waals surface area contributed by atoms with Gasteiger partial charge in [0.05, 0.1) is 26.4 Å². The molecule has 0 amide bonds. The molecule has 0 aromatic rings. The van der Waals surface area contributed by atoms with E-state index in [-0.39, 0.29) is 25.7 Å². The van der Waals surface area contributed by atoms with Gasteiger partial charge in [0, 0.05) is 25.7 Å². The van der Waals surface area contributed by atoms with Crippen LogP contribution in [0.5, 0.6) is 0 Å². The minimum atomic E-state index is -4.97. The number of ether oxygens (including phenoxy) is 4. The van der Waals surface area contributed by atoms with Gasteiger partial charge >= 0.3 is 39.5 Å². The Morgan fingerprint density at radius 3 is 0.683 bits per heavy atom. The van der Waals surface area contributed by atoms with Gasteiger partial charge < -0.3 is 33.8 Å². The molecule has 0 aromatic carbocycles. The number of carbonyl (C=O) groups is 4. The summed E-state index contributed by atoms with van der Waals surface area (Å²) in [6.07, 6.45) is 62.6. The molecule has 0 radical (unpaired) electrons. The van der Waals surface area contributed by atoms with E-state index >= 15 is 0 Å². The molecule has 3 N–H and O–H groups in total. The fourth-order valence-electron chi connectivity index (χ4n) is 13.1. The summed E-state index contributed by atoms with van der Waals surface area (Å²) in [6, 6.07) is 0. The van der Waals surface area contributed by atoms with Crippen LogP contribution in [0, 0.1) is 23.7 Å². The van der Waals surface area contributed by atoms with Gasteiger partial charge in [-0.05, 0) is 49.4 Å². The van der Waals surface area contributed by atoms with Crippen molar-refractivity contribution in [3.8, 4) is 0 Å². The van der Waals surface area contributed by atoms with Gasteiger partial charge in [-0.25, -0.2) is 9.13 Å². The van der Waals surface area contributed by atoms with E-state index in [4.69, 9.17) is 37.0 Å². The number of aliphatic hydroxyl groups is 1. The third-order valence-corrected chi connectivity index (χ3v) is 22.1. The van der Waals surface area contributed by atoms with Gasteiger partial charge in [-0.1, -0.05) is 389 Å². The highest BCUT2D eigenvalue weighted by molar-refractivity contribution is 7.47. The lowest BCUT2D eigenvalue weighted by molar-refractivity contribution is -0.161. The van der Waals surface area contributed by atoms with Crippen molar-refractivity contribution >= 4 is 39.5 Å². The Labute approximate surface area is 638 Å². The van der Waals surface area contributed by atoms with E-state index in [1.165, 1.54) is 244 Å². The number of unbranched alkanes of at least 4 members (excludes halogenated alkanes) is 47. The van der Waals surface area contributed by atoms with E-state index in [2.05, 4.69) is 55.4 Å². The lowest BCUT2D eigenvalue weighted by Crippen LogP contribution is -2.30. The van der Waals surface area contributed by atoms with Crippen molar-refractivity contribution in [2.24, 2.45) is 23.7 Å². The van der Waals surface area contributed by atoms with Crippen LogP contribution in [0.1, 0.15) is 441 Å². The maximum absolute atomic E-state index is 13.1. The Kier molecular flexibility index (Phi) is 72.5. The van der Waals surface area contributed by atoms with Crippen molar-refractivity contribution < 1.29 is 80.2 Å². The van der Waals surface area contributed by atoms with Crippen LogP contribution in [0.2, 0.25) is 0 Å². The molecule has 0 aliphatic rings. The maximum atomic E-state index is 13.1. The molecular weight excluding hydrogens is 1350 g/mol. The van der Waals surface area contributed by atoms with Crippen molar-refractivity contribution in [1.29, 1.82) is 0 Å². The molecule has 0 fully saturated rings. The second-order valence-corrected chi connectivity index (χ2v) is 35.2. The molecule has 0 spiro atoms. The van der Waals surface area contributed by atoms with Crippen LogP contribution in [0.4, 0.5) is 0 Å². The van der Waals surface area contributed by atoms with Crippen molar-refractivity contribution in [3.63, 3.8) is 0 Å². The van der Waals surface area contributed by atoms with E-state index in [0.29, 0.717) is 25.7 Å². The fraction of sp³-hybridized carbons (Fsp3) is 0.953. The molecule has 17 nitrogen and oxygen atoms in total. The number of rotatable bonds is 82. The van der Waals surface area contributed by atoms with Crippen molar-refractivity contribution in [2.75, 3.05) is 39.6 Å². The minimum Gasteiger partial charge on any atom is -0.462 e. The highest BCUT2D eigenvalue weighted by Crippen LogP contribution is 2.45. The Bertz CT molecular complexity index is 2030. The van der Waals surface area contributed by atoms with E-state index in [0.717, 1.165) is 114 Å². The number of phosphoric acid groups is 2. The highest BCUT2D eigenvalue weighted by atomic mass is 31.2. The quantitative estimate of drug-likeness (QED) is 0.0222. The molecule has 19 heteroatoms. The molecule has 0 aliphatic heterocycles. The largest absolute Gasteiger partial charge is 0.472 e. The molecule has 0 heterocycles. The van der Waals surface area contributed by atoms with Crippen LogP contribution in [0.15, 0.2) is 0 Å². The van der Waals surface area contributed by atoms with Gasteiger partial charge in [-0.2, -0.15) is 0 Å². The van der Waals surface area contributed by atoms with Gasteiger partial charge in [0.2, 0.25) is 0 Å². The predicted molar refractivity (Wildman–Crippen MR) is 428 cm³/mol. The average Bonchev–Trinajstić information content (AvgIpc) is 0.904. The molecule has 0 aliphatic carbocycles. The zero-order chi connectivity index (χ0) is 76.7. The first kappa shape index (κ1) is 102. The van der Waals surface area contributed by atoms with Gasteiger partial charge in [-0.15, -0.1) is 0 Å². The Balaban J connectivity index is 5.21. The standard InChI is InChI=1S/C85H166O17P2/c1-9-78(8)64-56-48-40-31-25-21-17-12-10-11-13-18-22-26-32-41-49-57-65-82(87)95-71-80(101-84(89)67-59-51-43-33-27-23-19-15-14-16-20-24-29-37-45-53-61-75(2)3)73-99-103(91,92)97-69-79(86)70-98-104(93,94)100-74-81(72-96-83(88)66-58-50-42-36-35-39-47-55-63-77(6)7)102-85(90)68-60-52-44-34-28-30-38-46-54-62-76(4)5/h75-81,86H,9-74H2,1-8H3,(H,91,92)(H,93,94)/t78?,79?,80-,81-/m1/s1. The highest BCUT2D eigenvalue weighted by Gasteiger charge is 2.30. The molecule has 0 saturated heterocycles. The predicted octanol–water partition coefficient (Wildman–Crippen LogP) is 25.6. The summed E-state index contributed by atoms with van der Waals surface area (Å²) >= 11 is 0. The first-order valence-corrected chi connectivity index (χ1v) is 46.7. The van der Waals surface area contributed by atoms with Crippen LogP contribution >= 0.6 is 15.6 Å². The summed E-state index contributed by atoms with van der Waals surface area (Å²) in [7, 11) is -9.93. The number of esters is 4. The third-order valence-electron chi connectivity index (χ3n) is 20.2. The van der Waals surface area contributed by atoms with Gasteiger partial charge in [0.15, 0.2) is 12.2 Å². The first-order valence-electron chi connectivity index (χ1n) is 43.7. The van der Waals surface area contributed by atoms with Gasteiger partial charge in [-0.3, -0.25) is 37.3 Å². The van der Waals surface area contributed by atoms with Crippen LogP contribution in [0.25, 0.3) is 0 Å². The minimum absolute atomic E-state index is 0.105. The summed E-state index contributed by atoms with van der Waals surface area (Å²) < 4.78 is 68.8. The monoisotopic (exact) mass is 1520 g/mol. The number of phosphoric ester groups is 2. The average molecular weight is 1520 g/mol. The zero-order valence-electron chi connectivity index (χ0n) is 68.7. The lowest BCUT2D eigenvalue weighted by atomic mass is 9.99. The molecule has 618 valence electrons. The Morgan fingerprint density at radius 1 is 0.269 bits per heavy atom. The summed E-state index contributed by atoms with van der Waals surface area (Å²) in [5.41, 5.74) is 0. The second kappa shape index (κ2) is 73.8. The van der Waals surface area contributed by atoms with E-state index < -0.39 is 97.5 Å². The van der Waals surface area contributed by atoms with E-state index in [9.17, 15) is 43.2 Å². The Morgan fingerprint density at radius 2 is 0.462 bits per heavy atom. The molecular formula is C85H166O17P2. The SMILES string of the molecule is CCC(C)CCCCCCCCCCCCCCCCCCCCC(=O)OC[C@H](COP(=O)(O)OCC(O)COP(=O)(O)OC[C@@H](COC(=O)CCCCCCCCCCC(C)C)OC(=O)CCCCCCCCCCCC(C)C)OC(=O)CCCCCCCCCCCCCCCCCCC(C)C. The molecule has 6 atom stereocenters.